The SMILES string of the molecule is CCC1CCCCC1(O)Cc1cccc(F)c1Cl. The zero-order valence-electron chi connectivity index (χ0n) is 10.8. The molecule has 1 aromatic carbocycles. The Kier molecular flexibility index (Phi) is 4.29. The van der Waals surface area contributed by atoms with E-state index < -0.39 is 11.4 Å². The van der Waals surface area contributed by atoms with Gasteiger partial charge in [0.2, 0.25) is 0 Å². The van der Waals surface area contributed by atoms with Crippen molar-refractivity contribution in [3.8, 4) is 0 Å². The van der Waals surface area contributed by atoms with Crippen LogP contribution in [0.25, 0.3) is 0 Å². The van der Waals surface area contributed by atoms with Crippen LogP contribution in [0, 0.1) is 11.7 Å². The van der Waals surface area contributed by atoms with Gasteiger partial charge in [0.05, 0.1) is 10.6 Å². The van der Waals surface area contributed by atoms with E-state index in [1.54, 1.807) is 6.07 Å². The first-order chi connectivity index (χ1) is 8.57. The Hall–Kier alpha value is -0.600. The smallest absolute Gasteiger partial charge is 0.142 e. The molecule has 2 atom stereocenters. The van der Waals surface area contributed by atoms with Crippen LogP contribution in [0.2, 0.25) is 5.02 Å². The van der Waals surface area contributed by atoms with Crippen LogP contribution in [-0.4, -0.2) is 10.7 Å². The molecule has 1 N–H and O–H groups in total. The van der Waals surface area contributed by atoms with Crippen molar-refractivity contribution in [2.45, 2.75) is 51.0 Å². The summed E-state index contributed by atoms with van der Waals surface area (Å²) < 4.78 is 13.4. The molecule has 0 aromatic heterocycles. The zero-order valence-corrected chi connectivity index (χ0v) is 11.5. The molecule has 100 valence electrons. The fourth-order valence-electron chi connectivity index (χ4n) is 3.13. The van der Waals surface area contributed by atoms with E-state index in [1.807, 2.05) is 6.07 Å². The molecular formula is C15H20ClFO. The number of rotatable bonds is 3. The molecule has 1 aliphatic rings. The minimum atomic E-state index is -0.718. The first-order valence-electron chi connectivity index (χ1n) is 6.72. The van der Waals surface area contributed by atoms with E-state index in [2.05, 4.69) is 6.92 Å². The third-order valence-corrected chi connectivity index (χ3v) is 4.62. The maximum absolute atomic E-state index is 13.4. The van der Waals surface area contributed by atoms with E-state index in [4.69, 9.17) is 11.6 Å². The minimum Gasteiger partial charge on any atom is -0.389 e. The van der Waals surface area contributed by atoms with Crippen molar-refractivity contribution >= 4 is 11.6 Å². The lowest BCUT2D eigenvalue weighted by atomic mass is 9.71. The van der Waals surface area contributed by atoms with Crippen LogP contribution in [0.3, 0.4) is 0 Å². The summed E-state index contributed by atoms with van der Waals surface area (Å²) in [6.45, 7) is 2.11. The van der Waals surface area contributed by atoms with E-state index in [0.29, 0.717) is 12.3 Å². The zero-order chi connectivity index (χ0) is 13.2. The topological polar surface area (TPSA) is 20.2 Å². The molecule has 1 fully saturated rings. The maximum atomic E-state index is 13.4. The van der Waals surface area contributed by atoms with Crippen molar-refractivity contribution in [2.24, 2.45) is 5.92 Å². The molecule has 1 nitrogen and oxygen atoms in total. The molecule has 0 heterocycles. The highest BCUT2D eigenvalue weighted by Gasteiger charge is 2.38. The van der Waals surface area contributed by atoms with Gasteiger partial charge in [-0.1, -0.05) is 49.9 Å². The fourth-order valence-corrected chi connectivity index (χ4v) is 3.32. The van der Waals surface area contributed by atoms with Crippen molar-refractivity contribution in [2.75, 3.05) is 0 Å². The fraction of sp³-hybridized carbons (Fsp3) is 0.600. The van der Waals surface area contributed by atoms with Gasteiger partial charge in [0, 0.05) is 6.42 Å². The lowest BCUT2D eigenvalue weighted by Gasteiger charge is -2.40. The van der Waals surface area contributed by atoms with Crippen LogP contribution in [0.5, 0.6) is 0 Å². The lowest BCUT2D eigenvalue weighted by Crippen LogP contribution is -2.42. The van der Waals surface area contributed by atoms with E-state index in [1.165, 1.54) is 12.5 Å². The molecule has 0 amide bonds. The van der Waals surface area contributed by atoms with Gasteiger partial charge in [-0.15, -0.1) is 0 Å². The van der Waals surface area contributed by atoms with Crippen LogP contribution in [-0.2, 0) is 6.42 Å². The van der Waals surface area contributed by atoms with Gasteiger partial charge in [0.25, 0.3) is 0 Å². The Morgan fingerprint density at radius 1 is 1.44 bits per heavy atom. The average Bonchev–Trinajstić information content (AvgIpc) is 2.35. The van der Waals surface area contributed by atoms with Gasteiger partial charge < -0.3 is 5.11 Å². The summed E-state index contributed by atoms with van der Waals surface area (Å²) >= 11 is 5.98. The number of hydrogen-bond acceptors (Lipinski definition) is 1. The summed E-state index contributed by atoms with van der Waals surface area (Å²) in [5.41, 5.74) is 0.00395. The number of benzene rings is 1. The highest BCUT2D eigenvalue weighted by Crippen LogP contribution is 2.39. The van der Waals surface area contributed by atoms with E-state index in [9.17, 15) is 9.50 Å². The predicted octanol–water partition coefficient (Wildman–Crippen LogP) is 4.35. The van der Waals surface area contributed by atoms with Gasteiger partial charge >= 0.3 is 0 Å². The molecule has 1 aromatic rings. The molecule has 3 heteroatoms. The van der Waals surface area contributed by atoms with Crippen LogP contribution in [0.4, 0.5) is 4.39 Å². The normalized spacial score (nSPS) is 28.3. The van der Waals surface area contributed by atoms with E-state index >= 15 is 0 Å². The van der Waals surface area contributed by atoms with Gasteiger partial charge in [-0.3, -0.25) is 0 Å². The maximum Gasteiger partial charge on any atom is 0.142 e. The molecule has 2 rings (SSSR count). The van der Waals surface area contributed by atoms with Crippen LogP contribution < -0.4 is 0 Å². The molecule has 0 spiro atoms. The summed E-state index contributed by atoms with van der Waals surface area (Å²) in [6.07, 6.45) is 5.49. The number of halogens is 2. The summed E-state index contributed by atoms with van der Waals surface area (Å²) in [7, 11) is 0. The highest BCUT2D eigenvalue weighted by molar-refractivity contribution is 6.31. The second kappa shape index (κ2) is 5.58. The molecule has 0 saturated heterocycles. The van der Waals surface area contributed by atoms with E-state index in [-0.39, 0.29) is 5.02 Å². The second-order valence-electron chi connectivity index (χ2n) is 5.34. The molecule has 0 radical (unpaired) electrons. The Labute approximate surface area is 113 Å². The van der Waals surface area contributed by atoms with Crippen molar-refractivity contribution in [3.63, 3.8) is 0 Å². The summed E-state index contributed by atoms with van der Waals surface area (Å²) in [5.74, 6) is -0.104. The monoisotopic (exact) mass is 270 g/mol. The third kappa shape index (κ3) is 2.70. The predicted molar refractivity (Wildman–Crippen MR) is 72.3 cm³/mol. The molecule has 1 aliphatic carbocycles. The molecular weight excluding hydrogens is 251 g/mol. The first-order valence-corrected chi connectivity index (χ1v) is 7.10. The van der Waals surface area contributed by atoms with E-state index in [0.717, 1.165) is 31.2 Å². The Bertz CT molecular complexity index is 421. The molecule has 0 aliphatic heterocycles. The largest absolute Gasteiger partial charge is 0.389 e. The van der Waals surface area contributed by atoms with Gasteiger partial charge in [-0.2, -0.15) is 0 Å². The minimum absolute atomic E-state index is 0.159. The number of aliphatic hydroxyl groups is 1. The van der Waals surface area contributed by atoms with Crippen LogP contribution >= 0.6 is 11.6 Å². The molecule has 1 saturated carbocycles. The molecule has 0 bridgehead atoms. The second-order valence-corrected chi connectivity index (χ2v) is 5.72. The Morgan fingerprint density at radius 3 is 2.94 bits per heavy atom. The molecule has 2 unspecified atom stereocenters. The van der Waals surface area contributed by atoms with Crippen molar-refractivity contribution in [1.29, 1.82) is 0 Å². The third-order valence-electron chi connectivity index (χ3n) is 4.19. The summed E-state index contributed by atoms with van der Waals surface area (Å²) in [6, 6.07) is 4.82. The van der Waals surface area contributed by atoms with Gasteiger partial charge in [-0.25, -0.2) is 4.39 Å². The van der Waals surface area contributed by atoms with Gasteiger partial charge in [-0.05, 0) is 30.4 Å². The van der Waals surface area contributed by atoms with Crippen molar-refractivity contribution in [1.82, 2.24) is 0 Å². The highest BCUT2D eigenvalue weighted by atomic mass is 35.5. The Morgan fingerprint density at radius 2 is 2.22 bits per heavy atom. The summed E-state index contributed by atoms with van der Waals surface area (Å²) in [5, 5.41) is 11.0. The van der Waals surface area contributed by atoms with Crippen LogP contribution in [0.15, 0.2) is 18.2 Å². The Balaban J connectivity index is 2.23. The standard InChI is InChI=1S/C15H20ClFO/c1-2-12-7-3-4-9-15(12,18)10-11-6-5-8-13(17)14(11)16/h5-6,8,12,18H,2-4,7,9-10H2,1H3. The molecule has 18 heavy (non-hydrogen) atoms. The lowest BCUT2D eigenvalue weighted by molar-refractivity contribution is -0.0491. The van der Waals surface area contributed by atoms with Crippen molar-refractivity contribution < 1.29 is 9.50 Å². The average molecular weight is 271 g/mol. The quantitative estimate of drug-likeness (QED) is 0.866. The first kappa shape index (κ1) is 13.8. The van der Waals surface area contributed by atoms with Crippen LogP contribution in [0.1, 0.15) is 44.6 Å². The summed E-state index contributed by atoms with van der Waals surface area (Å²) in [4.78, 5) is 0. The number of hydrogen-bond donors (Lipinski definition) is 1. The van der Waals surface area contributed by atoms with Gasteiger partial charge in [0.15, 0.2) is 0 Å². The van der Waals surface area contributed by atoms with Crippen molar-refractivity contribution in [3.05, 3.63) is 34.6 Å². The van der Waals surface area contributed by atoms with Gasteiger partial charge in [0.1, 0.15) is 5.82 Å².